The molecular weight excluding hydrogens is 152 g/mol. The standard InChI is InChI=1S/C9H18N2O/c1-6(2)8(9(10)12)7-3-4-11-5-7/h6-8,11H,3-5H2,1-2H3,(H2,10,12). The minimum atomic E-state index is -0.140. The lowest BCUT2D eigenvalue weighted by molar-refractivity contribution is -0.124. The molecule has 0 spiro atoms. The zero-order valence-corrected chi connectivity index (χ0v) is 7.84. The largest absolute Gasteiger partial charge is 0.369 e. The summed E-state index contributed by atoms with van der Waals surface area (Å²) in [7, 11) is 0. The van der Waals surface area contributed by atoms with Crippen LogP contribution >= 0.6 is 0 Å². The maximum absolute atomic E-state index is 11.1. The predicted octanol–water partition coefficient (Wildman–Crippen LogP) is 0.353. The summed E-state index contributed by atoms with van der Waals surface area (Å²) in [6.07, 6.45) is 1.09. The molecule has 2 atom stereocenters. The van der Waals surface area contributed by atoms with Crippen molar-refractivity contribution < 1.29 is 4.79 Å². The number of nitrogens with one attached hydrogen (secondary N) is 1. The molecular formula is C9H18N2O. The van der Waals surface area contributed by atoms with Gasteiger partial charge in [0, 0.05) is 5.92 Å². The zero-order valence-electron chi connectivity index (χ0n) is 7.84. The number of rotatable bonds is 3. The number of carbonyl (C=O) groups is 1. The van der Waals surface area contributed by atoms with Gasteiger partial charge in [-0.3, -0.25) is 4.79 Å². The van der Waals surface area contributed by atoms with Crippen LogP contribution in [0.4, 0.5) is 0 Å². The van der Waals surface area contributed by atoms with Crippen LogP contribution in [0.2, 0.25) is 0 Å². The van der Waals surface area contributed by atoms with E-state index in [1.165, 1.54) is 0 Å². The molecule has 12 heavy (non-hydrogen) atoms. The molecule has 0 aromatic heterocycles. The van der Waals surface area contributed by atoms with Crippen LogP contribution < -0.4 is 11.1 Å². The van der Waals surface area contributed by atoms with Crippen molar-refractivity contribution in [2.45, 2.75) is 20.3 Å². The van der Waals surface area contributed by atoms with E-state index in [1.807, 2.05) is 0 Å². The van der Waals surface area contributed by atoms with E-state index in [4.69, 9.17) is 5.73 Å². The molecule has 3 heteroatoms. The molecule has 1 saturated heterocycles. The van der Waals surface area contributed by atoms with Gasteiger partial charge < -0.3 is 11.1 Å². The third-order valence-electron chi connectivity index (χ3n) is 2.65. The van der Waals surface area contributed by atoms with Crippen LogP contribution in [0.5, 0.6) is 0 Å². The SMILES string of the molecule is CC(C)C(C(N)=O)C1CCNC1. The average Bonchev–Trinajstić information content (AvgIpc) is 2.37. The first kappa shape index (κ1) is 9.52. The molecule has 3 nitrogen and oxygen atoms in total. The minimum absolute atomic E-state index is 0.0556. The van der Waals surface area contributed by atoms with Gasteiger partial charge in [-0.1, -0.05) is 13.8 Å². The number of primary amides is 1. The topological polar surface area (TPSA) is 55.1 Å². The highest BCUT2D eigenvalue weighted by molar-refractivity contribution is 5.77. The van der Waals surface area contributed by atoms with E-state index >= 15 is 0 Å². The summed E-state index contributed by atoms with van der Waals surface area (Å²) in [6.45, 7) is 6.11. The molecule has 0 bridgehead atoms. The number of amides is 1. The lowest BCUT2D eigenvalue weighted by atomic mass is 9.82. The second kappa shape index (κ2) is 3.90. The van der Waals surface area contributed by atoms with E-state index in [9.17, 15) is 4.79 Å². The number of nitrogens with two attached hydrogens (primary N) is 1. The van der Waals surface area contributed by atoms with Gasteiger partial charge in [-0.2, -0.15) is 0 Å². The Hall–Kier alpha value is -0.570. The van der Waals surface area contributed by atoms with E-state index < -0.39 is 0 Å². The molecule has 1 rings (SSSR count). The quantitative estimate of drug-likeness (QED) is 0.642. The molecule has 2 unspecified atom stereocenters. The van der Waals surface area contributed by atoms with Crippen LogP contribution in [-0.4, -0.2) is 19.0 Å². The fraction of sp³-hybridized carbons (Fsp3) is 0.889. The third-order valence-corrected chi connectivity index (χ3v) is 2.65. The summed E-state index contributed by atoms with van der Waals surface area (Å²) in [6, 6.07) is 0. The van der Waals surface area contributed by atoms with Crippen LogP contribution in [-0.2, 0) is 4.79 Å². The Morgan fingerprint density at radius 1 is 1.58 bits per heavy atom. The van der Waals surface area contributed by atoms with Gasteiger partial charge in [-0.25, -0.2) is 0 Å². The summed E-state index contributed by atoms with van der Waals surface area (Å²) in [5.74, 6) is 0.744. The van der Waals surface area contributed by atoms with Gasteiger partial charge in [0.05, 0.1) is 0 Å². The summed E-state index contributed by atoms with van der Waals surface area (Å²) in [5.41, 5.74) is 5.35. The predicted molar refractivity (Wildman–Crippen MR) is 48.5 cm³/mol. The van der Waals surface area contributed by atoms with Gasteiger partial charge in [0.25, 0.3) is 0 Å². The molecule has 1 fully saturated rings. The van der Waals surface area contributed by atoms with E-state index in [0.717, 1.165) is 19.5 Å². The highest BCUT2D eigenvalue weighted by Crippen LogP contribution is 2.25. The molecule has 0 radical (unpaired) electrons. The van der Waals surface area contributed by atoms with Gasteiger partial charge in [-0.15, -0.1) is 0 Å². The maximum Gasteiger partial charge on any atom is 0.221 e. The van der Waals surface area contributed by atoms with Crippen LogP contribution in [0, 0.1) is 17.8 Å². The molecule has 1 aliphatic heterocycles. The van der Waals surface area contributed by atoms with Crippen molar-refractivity contribution in [3.05, 3.63) is 0 Å². The summed E-state index contributed by atoms with van der Waals surface area (Å²) in [4.78, 5) is 11.1. The first-order valence-electron chi connectivity index (χ1n) is 4.63. The van der Waals surface area contributed by atoms with Gasteiger partial charge in [0.1, 0.15) is 0 Å². The van der Waals surface area contributed by atoms with E-state index in [2.05, 4.69) is 19.2 Å². The average molecular weight is 170 g/mol. The first-order chi connectivity index (χ1) is 5.63. The molecule has 1 amide bonds. The van der Waals surface area contributed by atoms with Crippen molar-refractivity contribution in [2.24, 2.45) is 23.5 Å². The minimum Gasteiger partial charge on any atom is -0.369 e. The molecule has 70 valence electrons. The van der Waals surface area contributed by atoms with Crippen molar-refractivity contribution >= 4 is 5.91 Å². The Labute approximate surface area is 73.7 Å². The summed E-state index contributed by atoms with van der Waals surface area (Å²) in [5, 5.41) is 3.25. The third kappa shape index (κ3) is 1.97. The molecule has 0 aromatic rings. The fourth-order valence-corrected chi connectivity index (χ4v) is 2.09. The van der Waals surface area contributed by atoms with E-state index in [1.54, 1.807) is 0 Å². The smallest absolute Gasteiger partial charge is 0.221 e. The normalized spacial score (nSPS) is 26.1. The monoisotopic (exact) mass is 170 g/mol. The number of hydrogen-bond acceptors (Lipinski definition) is 2. The van der Waals surface area contributed by atoms with E-state index in [-0.39, 0.29) is 11.8 Å². The highest BCUT2D eigenvalue weighted by atomic mass is 16.1. The lowest BCUT2D eigenvalue weighted by Gasteiger charge is -2.22. The molecule has 0 saturated carbocycles. The zero-order chi connectivity index (χ0) is 9.14. The molecule has 0 aliphatic carbocycles. The van der Waals surface area contributed by atoms with Crippen LogP contribution in [0.1, 0.15) is 20.3 Å². The van der Waals surface area contributed by atoms with Gasteiger partial charge in [0.2, 0.25) is 5.91 Å². The van der Waals surface area contributed by atoms with Crippen molar-refractivity contribution in [3.8, 4) is 0 Å². The molecule has 3 N–H and O–H groups in total. The second-order valence-corrected chi connectivity index (χ2v) is 3.93. The Bertz CT molecular complexity index is 162. The Morgan fingerprint density at radius 2 is 2.25 bits per heavy atom. The van der Waals surface area contributed by atoms with Crippen LogP contribution in [0.3, 0.4) is 0 Å². The van der Waals surface area contributed by atoms with Crippen molar-refractivity contribution in [2.75, 3.05) is 13.1 Å². The number of carbonyl (C=O) groups excluding carboxylic acids is 1. The maximum atomic E-state index is 11.1. The second-order valence-electron chi connectivity index (χ2n) is 3.93. The summed E-state index contributed by atoms with van der Waals surface area (Å²) >= 11 is 0. The van der Waals surface area contributed by atoms with Gasteiger partial charge >= 0.3 is 0 Å². The fourth-order valence-electron chi connectivity index (χ4n) is 2.09. The van der Waals surface area contributed by atoms with Crippen LogP contribution in [0.15, 0.2) is 0 Å². The van der Waals surface area contributed by atoms with Crippen molar-refractivity contribution in [1.29, 1.82) is 0 Å². The van der Waals surface area contributed by atoms with Crippen LogP contribution in [0.25, 0.3) is 0 Å². The van der Waals surface area contributed by atoms with Gasteiger partial charge in [-0.05, 0) is 31.3 Å². The highest BCUT2D eigenvalue weighted by Gasteiger charge is 2.31. The molecule has 0 aromatic carbocycles. The molecule has 1 aliphatic rings. The Morgan fingerprint density at radius 3 is 2.58 bits per heavy atom. The lowest BCUT2D eigenvalue weighted by Crippen LogP contribution is -2.34. The Balaban J connectivity index is 2.58. The Kier molecular flexibility index (Phi) is 3.09. The molecule has 1 heterocycles. The van der Waals surface area contributed by atoms with Gasteiger partial charge in [0.15, 0.2) is 0 Å². The van der Waals surface area contributed by atoms with E-state index in [0.29, 0.717) is 11.8 Å². The number of hydrogen-bond donors (Lipinski definition) is 2. The first-order valence-corrected chi connectivity index (χ1v) is 4.63. The summed E-state index contributed by atoms with van der Waals surface area (Å²) < 4.78 is 0. The van der Waals surface area contributed by atoms with Crippen molar-refractivity contribution in [3.63, 3.8) is 0 Å². The van der Waals surface area contributed by atoms with Crippen molar-refractivity contribution in [1.82, 2.24) is 5.32 Å².